The van der Waals surface area contributed by atoms with Crippen LogP contribution in [0.25, 0.3) is 0 Å². The zero-order valence-electron chi connectivity index (χ0n) is 10.3. The predicted octanol–water partition coefficient (Wildman–Crippen LogP) is -1.02. The molecule has 0 saturated carbocycles. The molecular weight excluding hydrogens is 392 g/mol. The second-order valence-corrected chi connectivity index (χ2v) is 5.76. The molecule has 0 fully saturated rings. The average molecular weight is 412 g/mol. The number of hydrogen-bond acceptors (Lipinski definition) is 7. The lowest BCUT2D eigenvalue weighted by Gasteiger charge is -2.34. The van der Waals surface area contributed by atoms with Gasteiger partial charge in [-0.1, -0.05) is 15.9 Å². The molecule has 0 saturated heterocycles. The summed E-state index contributed by atoms with van der Waals surface area (Å²) in [5.41, 5.74) is -2.26. The van der Waals surface area contributed by atoms with Crippen LogP contribution < -0.4 is 0 Å². The number of aliphatic hydroxyl groups is 5. The Morgan fingerprint density at radius 3 is 1.63 bits per heavy atom. The molecule has 0 amide bonds. The first kappa shape index (κ1) is 19.7. The van der Waals surface area contributed by atoms with Crippen molar-refractivity contribution in [2.45, 2.75) is 5.01 Å². The van der Waals surface area contributed by atoms with Crippen LogP contribution in [0.2, 0.25) is 0 Å². The minimum absolute atomic E-state index is 0.0940. The fraction of sp³-hybridized carbons (Fsp3) is 1.00. The molecule has 9 heteroatoms. The van der Waals surface area contributed by atoms with Gasteiger partial charge in [-0.3, -0.25) is 3.83 Å². The smallest absolute Gasteiger partial charge is 0.139 e. The molecule has 0 spiro atoms. The summed E-state index contributed by atoms with van der Waals surface area (Å²) < 4.78 is 10.2. The molecule has 0 heterocycles. The van der Waals surface area contributed by atoms with E-state index in [0.717, 1.165) is 0 Å². The summed E-state index contributed by atoms with van der Waals surface area (Å²) in [5, 5.41) is 45.4. The Kier molecular flexibility index (Phi) is 9.93. The SMILES string of the molecule is OCC(CO)(CO)COCC(CO)(CO)C(Br)OBr. The third-order valence-corrected chi connectivity index (χ3v) is 5.03. The van der Waals surface area contributed by atoms with Crippen molar-refractivity contribution in [2.24, 2.45) is 10.8 Å². The van der Waals surface area contributed by atoms with Crippen molar-refractivity contribution < 1.29 is 34.1 Å². The Morgan fingerprint density at radius 2 is 1.32 bits per heavy atom. The first-order valence-corrected chi connectivity index (χ1v) is 7.09. The van der Waals surface area contributed by atoms with Gasteiger partial charge in [0.05, 0.1) is 73.3 Å². The molecule has 0 rings (SSSR count). The lowest BCUT2D eigenvalue weighted by Crippen LogP contribution is -2.45. The van der Waals surface area contributed by atoms with Crippen molar-refractivity contribution in [2.75, 3.05) is 46.2 Å². The minimum atomic E-state index is -1.16. The highest BCUT2D eigenvalue weighted by atomic mass is 79.9. The largest absolute Gasteiger partial charge is 0.396 e. The van der Waals surface area contributed by atoms with Gasteiger partial charge in [0.15, 0.2) is 0 Å². The molecule has 0 aliphatic carbocycles. The lowest BCUT2D eigenvalue weighted by atomic mass is 9.91. The third-order valence-electron chi connectivity index (χ3n) is 2.99. The molecule has 1 unspecified atom stereocenters. The Balaban J connectivity index is 4.57. The van der Waals surface area contributed by atoms with Gasteiger partial charge in [-0.2, -0.15) is 0 Å². The van der Waals surface area contributed by atoms with Crippen LogP contribution in [0, 0.1) is 10.8 Å². The number of rotatable bonds is 11. The summed E-state index contributed by atoms with van der Waals surface area (Å²) >= 11 is 5.90. The maximum absolute atomic E-state index is 9.36. The Morgan fingerprint density at radius 1 is 0.842 bits per heavy atom. The van der Waals surface area contributed by atoms with Gasteiger partial charge in [-0.05, 0) is 0 Å². The van der Waals surface area contributed by atoms with Gasteiger partial charge < -0.3 is 30.3 Å². The Bertz CT molecular complexity index is 226. The van der Waals surface area contributed by atoms with Crippen LogP contribution in [0.4, 0.5) is 0 Å². The maximum atomic E-state index is 9.36. The van der Waals surface area contributed by atoms with Crippen molar-refractivity contribution >= 4 is 32.2 Å². The number of hydrogen-bond donors (Lipinski definition) is 5. The van der Waals surface area contributed by atoms with Crippen LogP contribution in [-0.4, -0.2) is 76.8 Å². The van der Waals surface area contributed by atoms with Gasteiger partial charge in [0, 0.05) is 0 Å². The van der Waals surface area contributed by atoms with Crippen molar-refractivity contribution in [3.8, 4) is 0 Å². The minimum Gasteiger partial charge on any atom is -0.396 e. The van der Waals surface area contributed by atoms with E-state index in [4.69, 9.17) is 23.9 Å². The van der Waals surface area contributed by atoms with Crippen molar-refractivity contribution in [1.82, 2.24) is 0 Å². The van der Waals surface area contributed by atoms with Crippen LogP contribution in [0.5, 0.6) is 0 Å². The molecule has 0 bridgehead atoms. The standard InChI is InChI=1S/C10H20Br2O7/c11-8(19-12)10(4-16,5-17)7-18-6-9(1-13,2-14)3-15/h8,13-17H,1-7H2. The van der Waals surface area contributed by atoms with E-state index in [2.05, 4.69) is 32.2 Å². The van der Waals surface area contributed by atoms with Crippen molar-refractivity contribution in [3.05, 3.63) is 0 Å². The number of aliphatic hydroxyl groups excluding tert-OH is 5. The van der Waals surface area contributed by atoms with E-state index in [0.29, 0.717) is 0 Å². The van der Waals surface area contributed by atoms with E-state index in [1.165, 1.54) is 0 Å². The molecule has 1 atom stereocenters. The molecule has 0 radical (unpaired) electrons. The fourth-order valence-corrected chi connectivity index (χ4v) is 2.02. The van der Waals surface area contributed by atoms with E-state index < -0.39 is 48.9 Å². The zero-order chi connectivity index (χ0) is 14.9. The Labute approximate surface area is 128 Å². The predicted molar refractivity (Wildman–Crippen MR) is 73.8 cm³/mol. The highest BCUT2D eigenvalue weighted by Gasteiger charge is 2.39. The van der Waals surface area contributed by atoms with E-state index in [-0.39, 0.29) is 13.2 Å². The quantitative estimate of drug-likeness (QED) is 0.276. The highest BCUT2D eigenvalue weighted by molar-refractivity contribution is 9.10. The molecule has 19 heavy (non-hydrogen) atoms. The summed E-state index contributed by atoms with van der Waals surface area (Å²) in [5.74, 6) is 0. The molecule has 5 N–H and O–H groups in total. The molecule has 0 aromatic rings. The van der Waals surface area contributed by atoms with Crippen molar-refractivity contribution in [3.63, 3.8) is 0 Å². The van der Waals surface area contributed by atoms with Crippen LogP contribution in [0.3, 0.4) is 0 Å². The van der Waals surface area contributed by atoms with Crippen LogP contribution in [0.1, 0.15) is 0 Å². The highest BCUT2D eigenvalue weighted by Crippen LogP contribution is 2.31. The van der Waals surface area contributed by atoms with Crippen molar-refractivity contribution in [1.29, 1.82) is 0 Å². The monoisotopic (exact) mass is 410 g/mol. The number of halogens is 2. The maximum Gasteiger partial charge on any atom is 0.139 e. The summed E-state index contributed by atoms with van der Waals surface area (Å²) in [4.78, 5) is 0. The van der Waals surface area contributed by atoms with Crippen LogP contribution >= 0.6 is 32.2 Å². The lowest BCUT2D eigenvalue weighted by molar-refractivity contribution is -0.102. The molecule has 116 valence electrons. The first-order valence-electron chi connectivity index (χ1n) is 5.53. The van der Waals surface area contributed by atoms with Gasteiger partial charge >= 0.3 is 0 Å². The first-order chi connectivity index (χ1) is 8.99. The van der Waals surface area contributed by atoms with E-state index >= 15 is 0 Å². The zero-order valence-corrected chi connectivity index (χ0v) is 13.5. The van der Waals surface area contributed by atoms with Crippen LogP contribution in [0.15, 0.2) is 0 Å². The molecule has 0 aliphatic heterocycles. The van der Waals surface area contributed by atoms with E-state index in [1.54, 1.807) is 0 Å². The van der Waals surface area contributed by atoms with Gasteiger partial charge in [0.2, 0.25) is 0 Å². The van der Waals surface area contributed by atoms with Crippen LogP contribution in [-0.2, 0) is 8.57 Å². The third kappa shape index (κ3) is 5.18. The summed E-state index contributed by atoms with van der Waals surface area (Å²) in [6.45, 7) is -2.37. The molecule has 0 aromatic carbocycles. The molecular formula is C10H20Br2O7. The molecule has 0 aliphatic rings. The topological polar surface area (TPSA) is 120 Å². The van der Waals surface area contributed by atoms with E-state index in [1.807, 2.05) is 0 Å². The fourth-order valence-electron chi connectivity index (χ4n) is 1.20. The van der Waals surface area contributed by atoms with Gasteiger partial charge in [-0.15, -0.1) is 0 Å². The van der Waals surface area contributed by atoms with Gasteiger partial charge in [0.1, 0.15) is 5.01 Å². The van der Waals surface area contributed by atoms with Gasteiger partial charge in [-0.25, -0.2) is 0 Å². The molecule has 7 nitrogen and oxygen atoms in total. The normalized spacial score (nSPS) is 14.7. The summed E-state index contributed by atoms with van der Waals surface area (Å²) in [6.07, 6.45) is 0. The Hall–Kier alpha value is 0.680. The van der Waals surface area contributed by atoms with Gasteiger partial charge in [0.25, 0.3) is 0 Å². The number of ether oxygens (including phenoxy) is 1. The summed E-state index contributed by atoms with van der Waals surface area (Å²) in [7, 11) is 0. The second-order valence-electron chi connectivity index (χ2n) is 4.55. The average Bonchev–Trinajstić information content (AvgIpc) is 2.48. The molecule has 0 aromatic heterocycles. The number of alkyl halides is 1. The summed E-state index contributed by atoms with van der Waals surface area (Å²) in [6, 6.07) is 0. The van der Waals surface area contributed by atoms with E-state index in [9.17, 15) is 10.2 Å². The second kappa shape index (κ2) is 9.59.